The number of benzene rings is 2. The van der Waals surface area contributed by atoms with Crippen LogP contribution in [0, 0.1) is 0 Å². The summed E-state index contributed by atoms with van der Waals surface area (Å²) in [4.78, 5) is 37.9. The molecule has 4 aromatic rings. The number of hydrogen-bond donors (Lipinski definition) is 1. The summed E-state index contributed by atoms with van der Waals surface area (Å²) < 4.78 is 10.9. The summed E-state index contributed by atoms with van der Waals surface area (Å²) in [5.41, 5.74) is 3.30. The molecule has 0 atom stereocenters. The Bertz CT molecular complexity index is 1450. The number of likely N-dealkylation sites (tertiary alicyclic amines) is 1. The number of carbonyl (C=O) groups is 2. The van der Waals surface area contributed by atoms with Gasteiger partial charge in [0.25, 0.3) is 5.91 Å². The molecular formula is C28H28N4O4S. The number of aromatic amines is 1. The zero-order valence-electron chi connectivity index (χ0n) is 20.6. The van der Waals surface area contributed by atoms with E-state index in [0.717, 1.165) is 40.0 Å². The number of nitrogens with one attached hydrogen (secondary N) is 1. The summed E-state index contributed by atoms with van der Waals surface area (Å²) >= 11 is 1.53. The van der Waals surface area contributed by atoms with Crippen molar-refractivity contribution in [2.75, 3.05) is 31.3 Å². The van der Waals surface area contributed by atoms with Gasteiger partial charge in [-0.3, -0.25) is 9.59 Å². The molecule has 0 radical (unpaired) electrons. The molecule has 1 fully saturated rings. The van der Waals surface area contributed by atoms with Crippen LogP contribution in [0.25, 0.3) is 10.9 Å². The van der Waals surface area contributed by atoms with Crippen molar-refractivity contribution < 1.29 is 19.1 Å². The number of piperidine rings is 1. The molecule has 0 unspecified atom stereocenters. The van der Waals surface area contributed by atoms with Crippen molar-refractivity contribution in [1.29, 1.82) is 0 Å². The van der Waals surface area contributed by atoms with Crippen molar-refractivity contribution in [3.63, 3.8) is 0 Å². The summed E-state index contributed by atoms with van der Waals surface area (Å²) in [5.74, 6) is 1.61. The molecule has 2 aliphatic rings. The molecule has 8 nitrogen and oxygen atoms in total. The minimum atomic E-state index is -0.129. The van der Waals surface area contributed by atoms with E-state index < -0.39 is 0 Å². The predicted molar refractivity (Wildman–Crippen MR) is 143 cm³/mol. The number of aromatic nitrogens is 2. The van der Waals surface area contributed by atoms with Gasteiger partial charge in [0.2, 0.25) is 12.7 Å². The minimum absolute atomic E-state index is 0.129. The highest BCUT2D eigenvalue weighted by atomic mass is 32.1. The van der Waals surface area contributed by atoms with Gasteiger partial charge in [0.15, 0.2) is 11.5 Å². The lowest BCUT2D eigenvalue weighted by molar-refractivity contribution is -0.131. The number of fused-ring (bicyclic) bond motifs is 2. The third kappa shape index (κ3) is 4.55. The van der Waals surface area contributed by atoms with E-state index in [1.54, 1.807) is 4.90 Å². The van der Waals surface area contributed by atoms with E-state index in [1.165, 1.54) is 11.3 Å². The lowest BCUT2D eigenvalue weighted by Crippen LogP contribution is -2.38. The molecular weight excluding hydrogens is 488 g/mol. The van der Waals surface area contributed by atoms with Gasteiger partial charge < -0.3 is 24.3 Å². The summed E-state index contributed by atoms with van der Waals surface area (Å²) in [6, 6.07) is 13.6. The molecule has 2 aromatic carbocycles. The molecule has 2 amide bonds. The fourth-order valence-corrected chi connectivity index (χ4v) is 6.10. The predicted octanol–water partition coefficient (Wildman–Crippen LogP) is 4.97. The number of amides is 2. The number of rotatable bonds is 6. The van der Waals surface area contributed by atoms with E-state index in [4.69, 9.17) is 14.5 Å². The Kier molecular flexibility index (Phi) is 6.30. The molecule has 1 saturated heterocycles. The number of anilines is 1. The van der Waals surface area contributed by atoms with Crippen LogP contribution in [0.4, 0.5) is 5.69 Å². The van der Waals surface area contributed by atoms with Crippen molar-refractivity contribution >= 4 is 39.7 Å². The number of nitrogens with zero attached hydrogens (tertiary/aromatic N) is 3. The van der Waals surface area contributed by atoms with Crippen LogP contribution in [0.2, 0.25) is 0 Å². The summed E-state index contributed by atoms with van der Waals surface area (Å²) in [5, 5.41) is 3.92. The second-order valence-electron chi connectivity index (χ2n) is 9.35. The summed E-state index contributed by atoms with van der Waals surface area (Å²) in [6.45, 7) is 4.06. The van der Waals surface area contributed by atoms with Gasteiger partial charge in [-0.2, -0.15) is 0 Å². The number of para-hydroxylation sites is 1. The van der Waals surface area contributed by atoms with E-state index >= 15 is 0 Å². The van der Waals surface area contributed by atoms with E-state index in [9.17, 15) is 9.59 Å². The van der Waals surface area contributed by atoms with Crippen molar-refractivity contribution in [1.82, 2.24) is 14.9 Å². The first kappa shape index (κ1) is 23.5. The molecule has 6 rings (SSSR count). The third-order valence-electron chi connectivity index (χ3n) is 7.18. The Balaban J connectivity index is 1.08. The van der Waals surface area contributed by atoms with E-state index in [0.29, 0.717) is 43.2 Å². The van der Waals surface area contributed by atoms with Crippen molar-refractivity contribution in [3.05, 3.63) is 70.3 Å². The average molecular weight is 517 g/mol. The standard InChI is InChI=1S/C28H28N4O4S/c1-2-32(20-7-8-24-25(14-20)36-17-35-24)28(34)23-16-37-27(30-23)18-9-11-31(12-10-18)26(33)13-19-15-29-22-6-4-3-5-21(19)22/h3-8,14-16,18,29H,2,9-13,17H2,1H3. The van der Waals surface area contributed by atoms with Gasteiger partial charge in [-0.15, -0.1) is 11.3 Å². The summed E-state index contributed by atoms with van der Waals surface area (Å²) in [6.07, 6.45) is 4.03. The van der Waals surface area contributed by atoms with Gasteiger partial charge in [-0.25, -0.2) is 4.98 Å². The topological polar surface area (TPSA) is 87.8 Å². The Morgan fingerprint density at radius 3 is 2.78 bits per heavy atom. The van der Waals surface area contributed by atoms with Crippen molar-refractivity contribution in [2.24, 2.45) is 0 Å². The molecule has 1 N–H and O–H groups in total. The summed E-state index contributed by atoms with van der Waals surface area (Å²) in [7, 11) is 0. The Labute approximate surface area is 218 Å². The van der Waals surface area contributed by atoms with Crippen LogP contribution in [0.1, 0.15) is 46.7 Å². The molecule has 9 heteroatoms. The molecule has 0 saturated carbocycles. The first-order valence-electron chi connectivity index (χ1n) is 12.6. The maximum Gasteiger partial charge on any atom is 0.277 e. The zero-order chi connectivity index (χ0) is 25.4. The van der Waals surface area contributed by atoms with Gasteiger partial charge in [0, 0.05) is 59.8 Å². The number of ether oxygens (including phenoxy) is 2. The van der Waals surface area contributed by atoms with Gasteiger partial charge >= 0.3 is 0 Å². The fourth-order valence-electron chi connectivity index (χ4n) is 5.14. The van der Waals surface area contributed by atoms with Crippen LogP contribution in [0.5, 0.6) is 11.5 Å². The smallest absolute Gasteiger partial charge is 0.277 e. The van der Waals surface area contributed by atoms with Crippen molar-refractivity contribution in [3.8, 4) is 11.5 Å². The van der Waals surface area contributed by atoms with Crippen LogP contribution >= 0.6 is 11.3 Å². The Morgan fingerprint density at radius 1 is 1.14 bits per heavy atom. The number of H-pyrrole nitrogens is 1. The van der Waals surface area contributed by atoms with Crippen LogP contribution in [-0.2, 0) is 11.2 Å². The van der Waals surface area contributed by atoms with E-state index in [1.807, 2.05) is 65.9 Å². The number of carbonyl (C=O) groups excluding carboxylic acids is 2. The lowest BCUT2D eigenvalue weighted by atomic mass is 9.97. The molecule has 4 heterocycles. The van der Waals surface area contributed by atoms with Crippen molar-refractivity contribution in [2.45, 2.75) is 32.1 Å². The van der Waals surface area contributed by atoms with E-state index in [2.05, 4.69) is 4.98 Å². The molecule has 0 spiro atoms. The van der Waals surface area contributed by atoms with Gasteiger partial charge in [0.05, 0.1) is 11.4 Å². The zero-order valence-corrected chi connectivity index (χ0v) is 21.4. The van der Waals surface area contributed by atoms with Gasteiger partial charge in [0.1, 0.15) is 5.69 Å². The SMILES string of the molecule is CCN(C(=O)c1csc(C2CCN(C(=O)Cc3c[nH]c4ccccc34)CC2)n1)c1ccc2c(c1)OCO2. The molecule has 2 aromatic heterocycles. The van der Waals surface area contributed by atoms with Gasteiger partial charge in [-0.1, -0.05) is 18.2 Å². The van der Waals surface area contributed by atoms with E-state index in [-0.39, 0.29) is 24.5 Å². The second kappa shape index (κ2) is 9.89. The Morgan fingerprint density at radius 2 is 1.95 bits per heavy atom. The monoisotopic (exact) mass is 516 g/mol. The second-order valence-corrected chi connectivity index (χ2v) is 10.2. The molecule has 190 valence electrons. The maximum absolute atomic E-state index is 13.3. The highest BCUT2D eigenvalue weighted by molar-refractivity contribution is 7.10. The highest BCUT2D eigenvalue weighted by Crippen LogP contribution is 2.36. The van der Waals surface area contributed by atoms with Gasteiger partial charge in [-0.05, 0) is 43.5 Å². The highest BCUT2D eigenvalue weighted by Gasteiger charge is 2.28. The maximum atomic E-state index is 13.3. The van der Waals surface area contributed by atoms with Crippen LogP contribution < -0.4 is 14.4 Å². The average Bonchev–Trinajstić information content (AvgIpc) is 3.69. The van der Waals surface area contributed by atoms with Crippen LogP contribution in [0.3, 0.4) is 0 Å². The quantitative estimate of drug-likeness (QED) is 0.391. The first-order valence-corrected chi connectivity index (χ1v) is 13.5. The molecule has 2 aliphatic heterocycles. The fraction of sp³-hybridized carbons (Fsp3) is 0.321. The molecule has 0 aliphatic carbocycles. The minimum Gasteiger partial charge on any atom is -0.454 e. The van der Waals surface area contributed by atoms with Crippen LogP contribution in [-0.4, -0.2) is 53.1 Å². The molecule has 37 heavy (non-hydrogen) atoms. The molecule has 0 bridgehead atoms. The first-order chi connectivity index (χ1) is 18.1. The normalized spacial score (nSPS) is 15.3. The Hall–Kier alpha value is -3.85. The van der Waals surface area contributed by atoms with Crippen LogP contribution in [0.15, 0.2) is 54.0 Å². The lowest BCUT2D eigenvalue weighted by Gasteiger charge is -2.31. The number of hydrogen-bond acceptors (Lipinski definition) is 6. The number of thiazole rings is 1. The third-order valence-corrected chi connectivity index (χ3v) is 8.19. The largest absolute Gasteiger partial charge is 0.454 e.